The molecule has 3 aromatic rings. The number of anilines is 1. The maximum atomic E-state index is 14.9. The molecular weight excluding hydrogens is 583 g/mol. The van der Waals surface area contributed by atoms with E-state index in [1.165, 1.54) is 35.7 Å². The van der Waals surface area contributed by atoms with Crippen molar-refractivity contribution in [3.63, 3.8) is 0 Å². The van der Waals surface area contributed by atoms with Crippen LogP contribution in [0.4, 0.5) is 14.9 Å². The number of hydrogen-bond acceptors (Lipinski definition) is 9. The van der Waals surface area contributed by atoms with Gasteiger partial charge in [-0.1, -0.05) is 18.3 Å². The predicted octanol–water partition coefficient (Wildman–Crippen LogP) is 5.40. The van der Waals surface area contributed by atoms with Crippen LogP contribution in [0, 0.1) is 5.82 Å². The smallest absolute Gasteiger partial charge is 0.338 e. The van der Waals surface area contributed by atoms with Crippen molar-refractivity contribution in [2.24, 2.45) is 0 Å². The summed E-state index contributed by atoms with van der Waals surface area (Å²) in [7, 11) is 0. The van der Waals surface area contributed by atoms with Crippen molar-refractivity contribution in [3.05, 3.63) is 47.2 Å². The number of likely N-dealkylation sites (tertiary alicyclic amines) is 1. The number of nitrogens with one attached hydrogen (secondary N) is 2. The summed E-state index contributed by atoms with van der Waals surface area (Å²) in [6, 6.07) is 6.60. The van der Waals surface area contributed by atoms with Crippen LogP contribution in [-0.4, -0.2) is 57.8 Å². The molecule has 0 saturated carbocycles. The third-order valence-electron chi connectivity index (χ3n) is 6.07. The van der Waals surface area contributed by atoms with Gasteiger partial charge >= 0.3 is 12.0 Å². The quantitative estimate of drug-likeness (QED) is 0.282. The van der Waals surface area contributed by atoms with Gasteiger partial charge in [0.1, 0.15) is 5.75 Å². The molecule has 40 heavy (non-hydrogen) atoms. The first-order chi connectivity index (χ1) is 18.6. The third kappa shape index (κ3) is 6.49. The number of fused-ring (bicyclic) bond motifs is 1. The molecule has 212 valence electrons. The number of nitrogens with zero attached hydrogens (tertiary/aromatic N) is 2. The molecule has 14 heteroatoms. The van der Waals surface area contributed by atoms with Gasteiger partial charge in [0.2, 0.25) is 5.79 Å². The number of rotatable bonds is 6. The van der Waals surface area contributed by atoms with Gasteiger partial charge in [-0.15, -0.1) is 23.7 Å². The highest BCUT2D eigenvalue weighted by Gasteiger charge is 2.41. The van der Waals surface area contributed by atoms with E-state index in [1.807, 2.05) is 0 Å². The number of aromatic nitrogens is 1. The van der Waals surface area contributed by atoms with Crippen LogP contribution < -0.4 is 15.4 Å². The predicted molar refractivity (Wildman–Crippen MR) is 153 cm³/mol. The molecule has 3 amide bonds. The van der Waals surface area contributed by atoms with E-state index in [0.717, 1.165) is 25.9 Å². The van der Waals surface area contributed by atoms with E-state index in [4.69, 9.17) is 26.4 Å². The summed E-state index contributed by atoms with van der Waals surface area (Å²) in [5.41, 5.74) is 0.590. The number of ether oxygens (including phenoxy) is 3. The van der Waals surface area contributed by atoms with Crippen molar-refractivity contribution >= 4 is 74.8 Å². The Balaban J connectivity index is 0.00000370. The van der Waals surface area contributed by atoms with E-state index in [-0.39, 0.29) is 46.9 Å². The molecule has 1 atom stereocenters. The average molecular weight is 609 g/mol. The minimum absolute atomic E-state index is 0. The van der Waals surface area contributed by atoms with Gasteiger partial charge in [-0.25, -0.2) is 14.0 Å². The number of thiophene rings is 1. The second-order valence-electron chi connectivity index (χ2n) is 9.49. The minimum atomic E-state index is -1.07. The fourth-order valence-electron chi connectivity index (χ4n) is 4.34. The molecule has 5 rings (SSSR count). The van der Waals surface area contributed by atoms with E-state index >= 15 is 0 Å². The van der Waals surface area contributed by atoms with E-state index < -0.39 is 29.7 Å². The fourth-order valence-corrected chi connectivity index (χ4v) is 5.62. The lowest BCUT2D eigenvalue weighted by Gasteiger charge is -2.16. The van der Waals surface area contributed by atoms with Crippen molar-refractivity contribution in [3.8, 4) is 11.5 Å². The van der Waals surface area contributed by atoms with Crippen molar-refractivity contribution < 1.29 is 33.0 Å². The molecule has 2 N–H and O–H groups in total. The van der Waals surface area contributed by atoms with Crippen LogP contribution in [-0.2, 0) is 14.3 Å². The molecule has 2 aliphatic rings. The number of carbonyl (C=O) groups excluding carboxylic acids is 3. The van der Waals surface area contributed by atoms with E-state index in [1.54, 1.807) is 30.9 Å². The summed E-state index contributed by atoms with van der Waals surface area (Å²) >= 11 is 6.41. The Morgan fingerprint density at radius 3 is 2.73 bits per heavy atom. The molecule has 2 aromatic heterocycles. The Bertz CT molecular complexity index is 1480. The normalized spacial score (nSPS) is 17.7. The number of para-hydroxylation sites is 1. The highest BCUT2D eigenvalue weighted by atomic mass is 35.5. The van der Waals surface area contributed by atoms with Crippen molar-refractivity contribution in [2.45, 2.75) is 45.0 Å². The average Bonchev–Trinajstić information content (AvgIpc) is 3.60. The number of halogens is 2. The first-order valence-electron chi connectivity index (χ1n) is 12.3. The number of benzene rings is 1. The highest BCUT2D eigenvalue weighted by Crippen LogP contribution is 2.39. The number of thiocarbonyl (C=S) groups is 1. The van der Waals surface area contributed by atoms with Crippen LogP contribution in [0.15, 0.2) is 36.5 Å². The van der Waals surface area contributed by atoms with E-state index in [0.29, 0.717) is 15.1 Å². The summed E-state index contributed by atoms with van der Waals surface area (Å²) in [5, 5.41) is 4.98. The van der Waals surface area contributed by atoms with E-state index in [9.17, 15) is 18.8 Å². The van der Waals surface area contributed by atoms with Gasteiger partial charge in [0, 0.05) is 45.6 Å². The third-order valence-corrected chi connectivity index (χ3v) is 7.46. The van der Waals surface area contributed by atoms with Gasteiger partial charge < -0.3 is 29.7 Å². The topological polar surface area (TPSA) is 119 Å². The number of hydrogen-bond donors (Lipinski definition) is 2. The van der Waals surface area contributed by atoms with Crippen LogP contribution in [0.2, 0.25) is 0 Å². The zero-order valence-corrected chi connectivity index (χ0v) is 24.0. The van der Waals surface area contributed by atoms with Crippen LogP contribution in [0.25, 0.3) is 10.2 Å². The second-order valence-corrected chi connectivity index (χ2v) is 11.0. The second kappa shape index (κ2) is 12.0. The monoisotopic (exact) mass is 608 g/mol. The highest BCUT2D eigenvalue weighted by molar-refractivity contribution is 7.80. The molecule has 0 spiro atoms. The summed E-state index contributed by atoms with van der Waals surface area (Å²) in [4.78, 5) is 44.1. The summed E-state index contributed by atoms with van der Waals surface area (Å²) in [6.45, 7) is 4.63. The molecule has 2 fully saturated rings. The maximum absolute atomic E-state index is 14.9. The van der Waals surface area contributed by atoms with Gasteiger partial charge in [-0.3, -0.25) is 9.78 Å². The van der Waals surface area contributed by atoms with Crippen molar-refractivity contribution in [1.29, 1.82) is 0 Å². The Morgan fingerprint density at radius 1 is 1.27 bits per heavy atom. The summed E-state index contributed by atoms with van der Waals surface area (Å²) < 4.78 is 32.0. The molecule has 0 aliphatic carbocycles. The fraction of sp³-hybridized carbons (Fsp3) is 0.346. The number of esters is 1. The lowest BCUT2D eigenvalue weighted by atomic mass is 10.2. The number of carbonyl (C=O) groups is 3. The Labute approximate surface area is 244 Å². The maximum Gasteiger partial charge on any atom is 0.338 e. The summed E-state index contributed by atoms with van der Waals surface area (Å²) in [5.74, 6) is -2.37. The molecule has 10 nitrogen and oxygen atoms in total. The zero-order chi connectivity index (χ0) is 27.7. The minimum Gasteiger partial charge on any atom is -0.450 e. The Morgan fingerprint density at radius 2 is 2.02 bits per heavy atom. The van der Waals surface area contributed by atoms with Crippen molar-refractivity contribution in [1.82, 2.24) is 15.2 Å². The largest absolute Gasteiger partial charge is 0.450 e. The Kier molecular flexibility index (Phi) is 8.88. The van der Waals surface area contributed by atoms with Crippen LogP contribution >= 0.6 is 36.0 Å². The molecule has 2 saturated heterocycles. The van der Waals surface area contributed by atoms with Crippen LogP contribution in [0.1, 0.15) is 42.8 Å². The number of pyridine rings is 1. The molecule has 4 heterocycles. The lowest BCUT2D eigenvalue weighted by Crippen LogP contribution is -2.36. The first-order valence-corrected chi connectivity index (χ1v) is 13.5. The molecule has 0 unspecified atom stereocenters. The van der Waals surface area contributed by atoms with Gasteiger partial charge in [-0.2, -0.15) is 0 Å². The molecule has 0 bridgehead atoms. The molecular formula is C26H26ClFN4O6S2. The Hall–Kier alpha value is -3.39. The lowest BCUT2D eigenvalue weighted by molar-refractivity contribution is -0.160. The van der Waals surface area contributed by atoms with Gasteiger partial charge in [-0.05, 0) is 31.0 Å². The zero-order valence-electron chi connectivity index (χ0n) is 21.5. The van der Waals surface area contributed by atoms with Crippen molar-refractivity contribution in [2.75, 3.05) is 18.4 Å². The SMILES string of the molecule is CC1(C)OC(=O)[C@@H](CC(=S)NC(=O)Nc2cccc(F)c2Oc2ccnc3cc(C(=O)N4CCCC4)sc23)O1.Cl. The number of urea groups is 1. The first kappa shape index (κ1) is 29.6. The summed E-state index contributed by atoms with van der Waals surface area (Å²) in [6.07, 6.45) is 2.45. The number of cyclic esters (lactones) is 1. The number of amides is 3. The van der Waals surface area contributed by atoms with E-state index in [2.05, 4.69) is 15.6 Å². The molecule has 2 aliphatic heterocycles. The standard InChI is InChI=1S/C26H25FN4O6S2.ClH/c1-26(2)36-18(24(33)37-26)13-20(38)30-25(34)29-15-7-5-6-14(27)21(15)35-17-8-9-28-16-12-19(39-22(16)17)23(32)31-10-3-4-11-31;/h5-9,12,18H,3-4,10-11,13H2,1-2H3,(H2,29,30,34,38);1H/t18-;/m1./s1. The molecule has 0 radical (unpaired) electrons. The van der Waals surface area contributed by atoms with Gasteiger partial charge in [0.25, 0.3) is 5.91 Å². The van der Waals surface area contributed by atoms with Gasteiger partial charge in [0.15, 0.2) is 17.7 Å². The van der Waals surface area contributed by atoms with Crippen LogP contribution in [0.3, 0.4) is 0 Å². The molecule has 1 aromatic carbocycles. The van der Waals surface area contributed by atoms with Gasteiger partial charge in [0.05, 0.1) is 25.8 Å². The van der Waals surface area contributed by atoms with Crippen LogP contribution in [0.5, 0.6) is 11.5 Å².